The van der Waals surface area contributed by atoms with E-state index in [-0.39, 0.29) is 24.3 Å². The molecule has 0 unspecified atom stereocenters. The zero-order chi connectivity index (χ0) is 22.3. The molecule has 0 aliphatic carbocycles. The van der Waals surface area contributed by atoms with Crippen molar-refractivity contribution in [2.24, 2.45) is 0 Å². The number of urea groups is 1. The molecule has 7 nitrogen and oxygen atoms in total. The molecular weight excluding hydrogens is 426 g/mol. The molecule has 0 bridgehead atoms. The number of ether oxygens (including phenoxy) is 1. The number of nitrogens with zero attached hydrogens (tertiary/aromatic N) is 2. The summed E-state index contributed by atoms with van der Waals surface area (Å²) in [4.78, 5) is 42.1. The van der Waals surface area contributed by atoms with Gasteiger partial charge in [0.15, 0.2) is 5.78 Å². The molecule has 8 heteroatoms. The minimum Gasteiger partial charge on any atom is -0.486 e. The summed E-state index contributed by atoms with van der Waals surface area (Å²) in [6.07, 6.45) is 1.40. The third-order valence-corrected chi connectivity index (χ3v) is 6.76. The van der Waals surface area contributed by atoms with Gasteiger partial charge in [0.2, 0.25) is 5.91 Å². The molecular formula is C24H27N3O4S. The predicted octanol–water partition coefficient (Wildman–Crippen LogP) is 2.91. The van der Waals surface area contributed by atoms with Gasteiger partial charge in [-0.25, -0.2) is 4.79 Å². The molecule has 3 amide bonds. The number of Topliss-reactive ketones (excluding diaryl/α,β-unsaturated/α-hetero) is 1. The number of amides is 3. The van der Waals surface area contributed by atoms with E-state index in [1.807, 2.05) is 48.5 Å². The number of rotatable bonds is 7. The number of para-hydroxylation sites is 1. The fourth-order valence-electron chi connectivity index (χ4n) is 4.05. The van der Waals surface area contributed by atoms with Crippen LogP contribution in [-0.4, -0.2) is 64.4 Å². The largest absolute Gasteiger partial charge is 0.486 e. The van der Waals surface area contributed by atoms with Crippen LogP contribution in [0.5, 0.6) is 5.75 Å². The Morgan fingerprint density at radius 1 is 0.969 bits per heavy atom. The van der Waals surface area contributed by atoms with Crippen LogP contribution < -0.4 is 10.1 Å². The van der Waals surface area contributed by atoms with E-state index in [9.17, 15) is 14.4 Å². The SMILES string of the molecule is O=C(COc1ccccc1)[C@@H]1CCCN1C(=O)[C@@H]1CSCN1C(=O)NCc1ccccc1. The number of ketones is 1. The van der Waals surface area contributed by atoms with Crippen LogP contribution in [0.3, 0.4) is 0 Å². The highest BCUT2D eigenvalue weighted by Crippen LogP contribution is 2.27. The number of benzene rings is 2. The Kier molecular flexibility index (Phi) is 7.32. The number of carbonyl (C=O) groups excluding carboxylic acids is 3. The Labute approximate surface area is 192 Å². The molecule has 0 saturated carbocycles. The quantitative estimate of drug-likeness (QED) is 0.698. The van der Waals surface area contributed by atoms with E-state index in [2.05, 4.69) is 5.32 Å². The maximum atomic E-state index is 13.3. The molecule has 0 radical (unpaired) electrons. The first kappa shape index (κ1) is 22.2. The van der Waals surface area contributed by atoms with Crippen LogP contribution >= 0.6 is 11.8 Å². The van der Waals surface area contributed by atoms with Crippen LogP contribution in [0.25, 0.3) is 0 Å². The van der Waals surface area contributed by atoms with Gasteiger partial charge in [-0.15, -0.1) is 11.8 Å². The molecule has 2 saturated heterocycles. The number of hydrogen-bond donors (Lipinski definition) is 1. The van der Waals surface area contributed by atoms with Crippen molar-refractivity contribution >= 4 is 29.5 Å². The Balaban J connectivity index is 1.35. The van der Waals surface area contributed by atoms with E-state index in [1.54, 1.807) is 33.7 Å². The number of likely N-dealkylation sites (tertiary alicyclic amines) is 1. The molecule has 1 N–H and O–H groups in total. The van der Waals surface area contributed by atoms with Gasteiger partial charge >= 0.3 is 6.03 Å². The summed E-state index contributed by atoms with van der Waals surface area (Å²) in [7, 11) is 0. The fraction of sp³-hybridized carbons (Fsp3) is 0.375. The van der Waals surface area contributed by atoms with Crippen molar-refractivity contribution < 1.29 is 19.1 Å². The van der Waals surface area contributed by atoms with E-state index >= 15 is 0 Å². The van der Waals surface area contributed by atoms with Crippen LogP contribution in [0.15, 0.2) is 60.7 Å². The lowest BCUT2D eigenvalue weighted by Gasteiger charge is -2.30. The lowest BCUT2D eigenvalue weighted by atomic mass is 10.1. The molecule has 2 aliphatic heterocycles. The maximum absolute atomic E-state index is 13.3. The first-order valence-corrected chi connectivity index (χ1v) is 12.0. The van der Waals surface area contributed by atoms with Crippen molar-refractivity contribution in [1.82, 2.24) is 15.1 Å². The van der Waals surface area contributed by atoms with E-state index in [1.165, 1.54) is 0 Å². The van der Waals surface area contributed by atoms with Crippen molar-refractivity contribution in [2.75, 3.05) is 24.8 Å². The second-order valence-corrected chi connectivity index (χ2v) is 8.89. The Morgan fingerprint density at radius 2 is 1.69 bits per heavy atom. The van der Waals surface area contributed by atoms with Gasteiger partial charge in [0, 0.05) is 18.8 Å². The van der Waals surface area contributed by atoms with Gasteiger partial charge in [-0.05, 0) is 30.5 Å². The molecule has 0 spiro atoms. The number of hydrogen-bond acceptors (Lipinski definition) is 5. The summed E-state index contributed by atoms with van der Waals surface area (Å²) >= 11 is 1.55. The van der Waals surface area contributed by atoms with Gasteiger partial charge in [-0.3, -0.25) is 9.59 Å². The highest BCUT2D eigenvalue weighted by Gasteiger charge is 2.42. The summed E-state index contributed by atoms with van der Waals surface area (Å²) < 4.78 is 5.60. The number of carbonyl (C=O) groups is 3. The molecule has 2 aliphatic rings. The van der Waals surface area contributed by atoms with Crippen molar-refractivity contribution in [3.8, 4) is 5.75 Å². The number of thioether (sulfide) groups is 1. The minimum absolute atomic E-state index is 0.0703. The van der Waals surface area contributed by atoms with E-state index in [0.717, 1.165) is 12.0 Å². The summed E-state index contributed by atoms with van der Waals surface area (Å²) in [6.45, 7) is 0.865. The standard InChI is InChI=1S/C24H27N3O4S/c28-22(15-31-19-10-5-2-6-11-19)20-12-7-13-26(20)23(29)21-16-32-17-27(21)24(30)25-14-18-8-3-1-4-9-18/h1-6,8-11,20-21H,7,12-17H2,(H,25,30)/t20-,21-/m0/s1. The first-order chi connectivity index (χ1) is 15.6. The van der Waals surface area contributed by atoms with Crippen LogP contribution in [-0.2, 0) is 16.1 Å². The zero-order valence-corrected chi connectivity index (χ0v) is 18.6. The zero-order valence-electron chi connectivity index (χ0n) is 17.8. The van der Waals surface area contributed by atoms with Crippen LogP contribution in [0.1, 0.15) is 18.4 Å². The van der Waals surface area contributed by atoms with Gasteiger partial charge in [0.1, 0.15) is 18.4 Å². The normalized spacial score (nSPS) is 20.2. The Bertz CT molecular complexity index is 865. The highest BCUT2D eigenvalue weighted by molar-refractivity contribution is 7.99. The Hall–Kier alpha value is -3.00. The lowest BCUT2D eigenvalue weighted by Crippen LogP contribution is -2.54. The molecule has 2 fully saturated rings. The van der Waals surface area contributed by atoms with Gasteiger partial charge in [0.25, 0.3) is 0 Å². The van der Waals surface area contributed by atoms with Gasteiger partial charge in [-0.2, -0.15) is 0 Å². The summed E-state index contributed by atoms with van der Waals surface area (Å²) in [5.74, 6) is 1.37. The third-order valence-electron chi connectivity index (χ3n) is 5.75. The van der Waals surface area contributed by atoms with Gasteiger partial charge in [-0.1, -0.05) is 48.5 Å². The van der Waals surface area contributed by atoms with Crippen molar-refractivity contribution in [1.29, 1.82) is 0 Å². The molecule has 32 heavy (non-hydrogen) atoms. The third kappa shape index (κ3) is 5.24. The second-order valence-electron chi connectivity index (χ2n) is 7.89. The summed E-state index contributed by atoms with van der Waals surface area (Å²) in [6, 6.07) is 17.5. The second kappa shape index (κ2) is 10.5. The van der Waals surface area contributed by atoms with Crippen molar-refractivity contribution in [2.45, 2.75) is 31.5 Å². The van der Waals surface area contributed by atoms with Gasteiger partial charge in [0.05, 0.1) is 11.9 Å². The van der Waals surface area contributed by atoms with Crippen LogP contribution in [0.2, 0.25) is 0 Å². The molecule has 2 aromatic carbocycles. The number of nitrogens with one attached hydrogen (secondary N) is 1. The molecule has 0 aromatic heterocycles. The lowest BCUT2D eigenvalue weighted by molar-refractivity contribution is -0.140. The molecule has 2 atom stereocenters. The molecule has 2 heterocycles. The maximum Gasteiger partial charge on any atom is 0.319 e. The van der Waals surface area contributed by atoms with Gasteiger partial charge < -0.3 is 19.9 Å². The van der Waals surface area contributed by atoms with E-state index in [0.29, 0.717) is 36.9 Å². The monoisotopic (exact) mass is 453 g/mol. The molecule has 2 aromatic rings. The summed E-state index contributed by atoms with van der Waals surface area (Å²) in [5.41, 5.74) is 0.999. The van der Waals surface area contributed by atoms with E-state index < -0.39 is 12.1 Å². The summed E-state index contributed by atoms with van der Waals surface area (Å²) in [5, 5.41) is 2.90. The van der Waals surface area contributed by atoms with Crippen molar-refractivity contribution in [3.63, 3.8) is 0 Å². The first-order valence-electron chi connectivity index (χ1n) is 10.8. The van der Waals surface area contributed by atoms with E-state index in [4.69, 9.17) is 4.74 Å². The van der Waals surface area contributed by atoms with Crippen LogP contribution in [0, 0.1) is 0 Å². The molecule has 168 valence electrons. The predicted molar refractivity (Wildman–Crippen MR) is 123 cm³/mol. The average Bonchev–Trinajstić information content (AvgIpc) is 3.52. The topological polar surface area (TPSA) is 79.0 Å². The minimum atomic E-state index is -0.556. The fourth-order valence-corrected chi connectivity index (χ4v) is 5.19. The van der Waals surface area contributed by atoms with Crippen LogP contribution in [0.4, 0.5) is 4.79 Å². The smallest absolute Gasteiger partial charge is 0.319 e. The van der Waals surface area contributed by atoms with Crippen molar-refractivity contribution in [3.05, 3.63) is 66.2 Å². The molecule has 4 rings (SSSR count). The highest BCUT2D eigenvalue weighted by atomic mass is 32.2. The Morgan fingerprint density at radius 3 is 2.44 bits per heavy atom. The average molecular weight is 454 g/mol.